The van der Waals surface area contributed by atoms with Crippen LogP contribution in [0.15, 0.2) is 17.3 Å². The molecule has 5 nitrogen and oxygen atoms in total. The number of nitrogens with zero attached hydrogens (tertiary/aromatic N) is 3. The monoisotopic (exact) mass is 232 g/mol. The fourth-order valence-corrected chi connectivity index (χ4v) is 1.86. The van der Waals surface area contributed by atoms with Crippen molar-refractivity contribution >= 4 is 18.3 Å². The summed E-state index contributed by atoms with van der Waals surface area (Å²) >= 11 is 0. The van der Waals surface area contributed by atoms with Gasteiger partial charge in [0.1, 0.15) is 0 Å². The normalized spacial score (nSPS) is 21.0. The lowest BCUT2D eigenvalue weighted by molar-refractivity contribution is -0.114. The number of nitriles is 1. The molecule has 0 aliphatic carbocycles. The van der Waals surface area contributed by atoms with Crippen molar-refractivity contribution in [3.8, 4) is 5.97 Å². The molecule has 1 aliphatic rings. The number of primary amides is 1. The number of rotatable bonds is 3. The van der Waals surface area contributed by atoms with Crippen LogP contribution in [0.1, 0.15) is 13.8 Å². The summed E-state index contributed by atoms with van der Waals surface area (Å²) in [6, 6.07) is 0. The van der Waals surface area contributed by atoms with Crippen molar-refractivity contribution in [2.45, 2.75) is 26.0 Å². The summed E-state index contributed by atoms with van der Waals surface area (Å²) in [7, 11) is 0. The van der Waals surface area contributed by atoms with Crippen molar-refractivity contribution in [3.05, 3.63) is 12.2 Å². The van der Waals surface area contributed by atoms with E-state index in [1.54, 1.807) is 6.92 Å². The van der Waals surface area contributed by atoms with E-state index in [0.717, 1.165) is 19.4 Å². The Morgan fingerprint density at radius 1 is 1.71 bits per heavy atom. The summed E-state index contributed by atoms with van der Waals surface area (Å²) in [5.41, 5.74) is 5.91. The summed E-state index contributed by atoms with van der Waals surface area (Å²) in [4.78, 5) is 10.9. The van der Waals surface area contributed by atoms with Crippen LogP contribution in [0.2, 0.25) is 12.1 Å². The van der Waals surface area contributed by atoms with Crippen LogP contribution in [0.3, 0.4) is 0 Å². The maximum absolute atomic E-state index is 10.9. The molecular formula is C11H17BN4O. The maximum Gasteiger partial charge on any atom is 0.274 e. The van der Waals surface area contributed by atoms with Gasteiger partial charge < -0.3 is 5.73 Å². The second-order valence-electron chi connectivity index (χ2n) is 4.44. The Balaban J connectivity index is 2.66. The summed E-state index contributed by atoms with van der Waals surface area (Å²) in [6.45, 7) is 8.89. The number of nitrogens with two attached hydrogens (primary N) is 1. The second-order valence-corrected chi connectivity index (χ2v) is 4.44. The first-order valence-electron chi connectivity index (χ1n) is 5.64. The van der Waals surface area contributed by atoms with Gasteiger partial charge in [0, 0.05) is 19.1 Å². The molecule has 1 unspecified atom stereocenters. The van der Waals surface area contributed by atoms with E-state index in [2.05, 4.69) is 17.6 Å². The van der Waals surface area contributed by atoms with Crippen LogP contribution in [0.4, 0.5) is 0 Å². The van der Waals surface area contributed by atoms with Crippen LogP contribution >= 0.6 is 0 Å². The first kappa shape index (κ1) is 13.3. The van der Waals surface area contributed by atoms with Crippen LogP contribution in [0.25, 0.3) is 0 Å². The molecule has 90 valence electrons. The average molecular weight is 232 g/mol. The number of carbonyl (C=O) groups is 1. The van der Waals surface area contributed by atoms with Crippen molar-refractivity contribution in [2.24, 2.45) is 10.8 Å². The minimum absolute atomic E-state index is 0.0982. The van der Waals surface area contributed by atoms with E-state index >= 15 is 0 Å². The van der Waals surface area contributed by atoms with Gasteiger partial charge in [0.25, 0.3) is 6.71 Å². The topological polar surface area (TPSA) is 82.5 Å². The van der Waals surface area contributed by atoms with E-state index in [0.29, 0.717) is 5.71 Å². The van der Waals surface area contributed by atoms with E-state index < -0.39 is 5.91 Å². The Morgan fingerprint density at radius 2 is 2.35 bits per heavy atom. The molecule has 1 aliphatic heterocycles. The van der Waals surface area contributed by atoms with Gasteiger partial charge in [-0.15, -0.1) is 0 Å². The summed E-state index contributed by atoms with van der Waals surface area (Å²) in [6.07, 6.45) is 0.803. The molecule has 0 aromatic carbocycles. The Labute approximate surface area is 102 Å². The van der Waals surface area contributed by atoms with Gasteiger partial charge in [0.2, 0.25) is 5.91 Å². The van der Waals surface area contributed by atoms with Gasteiger partial charge in [0.15, 0.2) is 0 Å². The highest BCUT2D eigenvalue weighted by Gasteiger charge is 2.29. The second kappa shape index (κ2) is 5.53. The summed E-state index contributed by atoms with van der Waals surface area (Å²) < 4.78 is 0. The van der Waals surface area contributed by atoms with Gasteiger partial charge in [-0.3, -0.25) is 9.80 Å². The predicted molar refractivity (Wildman–Crippen MR) is 68.6 cm³/mol. The SMILES string of the molecule is C=C(C(N)=O)/C(C)=N\N1CCB(C#N)C(C)C1. The molecule has 0 saturated carbocycles. The van der Waals surface area contributed by atoms with Crippen molar-refractivity contribution in [2.75, 3.05) is 13.1 Å². The minimum Gasteiger partial charge on any atom is -0.366 e. The Kier molecular flexibility index (Phi) is 4.33. The van der Waals surface area contributed by atoms with E-state index in [4.69, 9.17) is 11.0 Å². The van der Waals surface area contributed by atoms with Gasteiger partial charge in [-0.25, -0.2) is 5.26 Å². The molecule has 0 radical (unpaired) electrons. The van der Waals surface area contributed by atoms with Crippen LogP contribution < -0.4 is 5.73 Å². The maximum atomic E-state index is 10.9. The Morgan fingerprint density at radius 3 is 2.82 bits per heavy atom. The molecule has 6 heteroatoms. The van der Waals surface area contributed by atoms with Gasteiger partial charge in [-0.2, -0.15) is 5.10 Å². The Bertz CT molecular complexity index is 399. The van der Waals surface area contributed by atoms with Crippen LogP contribution in [-0.2, 0) is 4.79 Å². The zero-order valence-corrected chi connectivity index (χ0v) is 10.3. The largest absolute Gasteiger partial charge is 0.366 e. The minimum atomic E-state index is -0.550. The number of hydrogen-bond acceptors (Lipinski definition) is 4. The third kappa shape index (κ3) is 3.35. The molecular weight excluding hydrogens is 215 g/mol. The van der Waals surface area contributed by atoms with Gasteiger partial charge in [0.05, 0.1) is 11.3 Å². The molecule has 0 bridgehead atoms. The smallest absolute Gasteiger partial charge is 0.274 e. The fraction of sp³-hybridized carbons (Fsp3) is 0.545. The predicted octanol–water partition coefficient (Wildman–Crippen LogP) is 0.667. The van der Waals surface area contributed by atoms with Crippen LogP contribution in [-0.4, -0.2) is 36.4 Å². The quantitative estimate of drug-likeness (QED) is 0.441. The molecule has 1 heterocycles. The molecule has 1 atom stereocenters. The zero-order chi connectivity index (χ0) is 13.0. The molecule has 1 saturated heterocycles. The molecule has 0 spiro atoms. The van der Waals surface area contributed by atoms with E-state index in [9.17, 15) is 4.79 Å². The van der Waals surface area contributed by atoms with Crippen molar-refractivity contribution in [1.82, 2.24) is 5.01 Å². The van der Waals surface area contributed by atoms with Crippen molar-refractivity contribution in [3.63, 3.8) is 0 Å². The van der Waals surface area contributed by atoms with E-state index in [-0.39, 0.29) is 18.1 Å². The highest BCUT2D eigenvalue weighted by molar-refractivity contribution is 6.68. The zero-order valence-electron chi connectivity index (χ0n) is 10.3. The molecule has 1 rings (SSSR count). The molecule has 0 aromatic rings. The highest BCUT2D eigenvalue weighted by atomic mass is 16.1. The third-order valence-corrected chi connectivity index (χ3v) is 3.08. The third-order valence-electron chi connectivity index (χ3n) is 3.08. The lowest BCUT2D eigenvalue weighted by atomic mass is 9.39. The first-order valence-corrected chi connectivity index (χ1v) is 5.64. The lowest BCUT2D eigenvalue weighted by Gasteiger charge is -2.30. The molecule has 17 heavy (non-hydrogen) atoms. The molecule has 1 fully saturated rings. The fourth-order valence-electron chi connectivity index (χ4n) is 1.86. The van der Waals surface area contributed by atoms with E-state index in [1.807, 2.05) is 11.9 Å². The van der Waals surface area contributed by atoms with E-state index in [1.165, 1.54) is 0 Å². The number of carbonyl (C=O) groups excluding carboxylic acids is 1. The Hall–Kier alpha value is -1.77. The number of hydrogen-bond donors (Lipinski definition) is 1. The van der Waals surface area contributed by atoms with Crippen molar-refractivity contribution < 1.29 is 4.79 Å². The highest BCUT2D eigenvalue weighted by Crippen LogP contribution is 2.21. The average Bonchev–Trinajstić information content (AvgIpc) is 2.28. The number of amides is 1. The lowest BCUT2D eigenvalue weighted by Crippen LogP contribution is -2.38. The summed E-state index contributed by atoms with van der Waals surface area (Å²) in [5, 5.41) is 15.1. The van der Waals surface area contributed by atoms with Crippen LogP contribution in [0, 0.1) is 11.2 Å². The molecule has 1 amide bonds. The molecule has 2 N–H and O–H groups in total. The number of hydrazone groups is 1. The first-order chi connectivity index (χ1) is 7.95. The molecule has 0 aromatic heterocycles. The standard InChI is InChI=1S/C11H17BN4O/c1-8-6-16(5-4-12(8)7-13)15-10(3)9(2)11(14)17/h8H,2,4-6H2,1,3H3,(H2,14,17)/b15-10-. The van der Waals surface area contributed by atoms with Crippen LogP contribution in [0.5, 0.6) is 0 Å². The van der Waals surface area contributed by atoms with Gasteiger partial charge >= 0.3 is 0 Å². The summed E-state index contributed by atoms with van der Waals surface area (Å²) in [5.74, 6) is 2.04. The van der Waals surface area contributed by atoms with Crippen molar-refractivity contribution in [1.29, 1.82) is 5.26 Å². The van der Waals surface area contributed by atoms with Gasteiger partial charge in [-0.05, 0) is 19.1 Å². The van der Waals surface area contributed by atoms with Gasteiger partial charge in [-0.1, -0.05) is 13.5 Å².